The van der Waals surface area contributed by atoms with Crippen LogP contribution in [-0.2, 0) is 82.5 Å². The molecule has 0 aliphatic carbocycles. The number of carboxylic acid groups (broad SMARTS) is 4. The summed E-state index contributed by atoms with van der Waals surface area (Å²) in [7, 11) is 0. The normalized spacial score (nSPS) is 2.09. The van der Waals surface area contributed by atoms with Crippen LogP contribution in [0.3, 0.4) is 0 Å². The van der Waals surface area contributed by atoms with E-state index in [-0.39, 0.29) is 137 Å². The third kappa shape index (κ3) is 26000. The van der Waals surface area contributed by atoms with Gasteiger partial charge >= 0.3 is 12.3 Å². The van der Waals surface area contributed by atoms with Crippen LogP contribution in [0.4, 0.5) is 9.59 Å². The first-order valence-electron chi connectivity index (χ1n) is 1.30. The van der Waals surface area contributed by atoms with Crippen molar-refractivity contribution in [2.24, 2.45) is 0 Å². The van der Waals surface area contributed by atoms with Gasteiger partial charge in [0.25, 0.3) is 0 Å². The summed E-state index contributed by atoms with van der Waals surface area (Å²) in [6, 6.07) is 0. The average Bonchev–Trinajstić information content (AvgIpc) is 1.25. The minimum atomic E-state index is -1.83. The van der Waals surface area contributed by atoms with E-state index in [2.05, 4.69) is 0 Å². The summed E-state index contributed by atoms with van der Waals surface area (Å²) in [6.07, 6.45) is -3.67. The molecule has 0 aromatic rings. The molecule has 0 aromatic heterocycles. The fourth-order valence-corrected chi connectivity index (χ4v) is 0. The Labute approximate surface area is 179 Å². The number of hydrogen-bond acceptors (Lipinski definition) is 2. The van der Waals surface area contributed by atoms with Gasteiger partial charge in [0.05, 0.1) is 0 Å². The summed E-state index contributed by atoms with van der Waals surface area (Å²) >= 11 is 0. The SMILES string of the molecule is O.O.O.O.O.O.O.O.O.O.O=C(O)O.O=C(O)O.[Ni].[Ni].[Ni].[Ni].[Ni]. The van der Waals surface area contributed by atoms with Crippen molar-refractivity contribution >= 4 is 12.3 Å². The van der Waals surface area contributed by atoms with Crippen molar-refractivity contribution in [3.63, 3.8) is 0 Å². The number of hydrogen-bond donors (Lipinski definition) is 4. The summed E-state index contributed by atoms with van der Waals surface area (Å²) in [5.74, 6) is 0. The van der Waals surface area contributed by atoms with Crippen LogP contribution in [-0.4, -0.2) is 87.5 Å². The quantitative estimate of drug-likeness (QED) is 0.196. The van der Waals surface area contributed by atoms with E-state index in [0.717, 1.165) is 0 Å². The summed E-state index contributed by atoms with van der Waals surface area (Å²) in [5.41, 5.74) is 0. The Morgan fingerprint density at radius 2 is 0.348 bits per heavy atom. The number of carbonyl (C=O) groups is 2. The molecule has 0 aliphatic heterocycles. The molecule has 0 heterocycles. The summed E-state index contributed by atoms with van der Waals surface area (Å²) < 4.78 is 0. The summed E-state index contributed by atoms with van der Waals surface area (Å²) in [4.78, 5) is 17.1. The standard InChI is InChI=1S/2CH2O3.5Ni.10H2O/c2*2-1(3)4;;;;;;;;;;;;;;;/h2*(H2,2,3,4);;;;;;10*1H2. The van der Waals surface area contributed by atoms with Crippen molar-refractivity contribution < 1.29 is 167 Å². The zero-order valence-corrected chi connectivity index (χ0v) is 15.1. The van der Waals surface area contributed by atoms with Gasteiger partial charge in [-0.25, -0.2) is 9.59 Å². The van der Waals surface area contributed by atoms with Gasteiger partial charge in [0.1, 0.15) is 0 Å². The monoisotopic (exact) mass is 594 g/mol. The van der Waals surface area contributed by atoms with Gasteiger partial charge in [-0.15, -0.1) is 0 Å². The Morgan fingerprint density at radius 1 is 0.348 bits per heavy atom. The molecule has 16 nitrogen and oxygen atoms in total. The molecule has 178 valence electrons. The second kappa shape index (κ2) is 242. The Kier molecular flexibility index (Phi) is 2900. The third-order valence-corrected chi connectivity index (χ3v) is 0. The molecule has 0 atom stereocenters. The Bertz CT molecular complexity index is 84.5. The molecule has 21 heteroatoms. The van der Waals surface area contributed by atoms with Crippen molar-refractivity contribution in [1.82, 2.24) is 0 Å². The Balaban J connectivity index is -0.00000000126. The van der Waals surface area contributed by atoms with Crippen LogP contribution in [0.15, 0.2) is 0 Å². The molecular formula is C2H24Ni5O16. The van der Waals surface area contributed by atoms with Crippen LogP contribution >= 0.6 is 0 Å². The fourth-order valence-electron chi connectivity index (χ4n) is 0. The van der Waals surface area contributed by atoms with Crippen LogP contribution < -0.4 is 0 Å². The smallest absolute Gasteiger partial charge is 0.450 e. The second-order valence-electron chi connectivity index (χ2n) is 0.565. The largest absolute Gasteiger partial charge is 0.503 e. The molecule has 0 rings (SSSR count). The van der Waals surface area contributed by atoms with Crippen LogP contribution in [0.5, 0.6) is 0 Å². The molecule has 0 aromatic carbocycles. The van der Waals surface area contributed by atoms with E-state index in [1.807, 2.05) is 0 Å². The Hall–Kier alpha value is 0.608. The van der Waals surface area contributed by atoms with Gasteiger partial charge < -0.3 is 75.2 Å². The van der Waals surface area contributed by atoms with Crippen LogP contribution in [0.2, 0.25) is 0 Å². The molecule has 0 spiro atoms. The first-order valence-corrected chi connectivity index (χ1v) is 1.30. The predicted molar refractivity (Wildman–Crippen MR) is 57.4 cm³/mol. The van der Waals surface area contributed by atoms with Crippen LogP contribution in [0, 0.1) is 0 Å². The molecule has 0 unspecified atom stereocenters. The van der Waals surface area contributed by atoms with Crippen LogP contribution in [0.25, 0.3) is 0 Å². The van der Waals surface area contributed by atoms with Gasteiger partial charge in [0.2, 0.25) is 0 Å². The van der Waals surface area contributed by atoms with Gasteiger partial charge in [0, 0.05) is 82.5 Å². The molecule has 0 radical (unpaired) electrons. The van der Waals surface area contributed by atoms with Crippen molar-refractivity contribution in [1.29, 1.82) is 0 Å². The molecule has 0 aliphatic rings. The van der Waals surface area contributed by atoms with E-state index in [0.29, 0.717) is 0 Å². The molecule has 0 bridgehead atoms. The molecule has 0 fully saturated rings. The average molecular weight is 598 g/mol. The number of rotatable bonds is 0. The van der Waals surface area contributed by atoms with E-state index in [9.17, 15) is 0 Å². The van der Waals surface area contributed by atoms with E-state index in [1.165, 1.54) is 0 Å². The molecular weight excluding hydrogens is 573 g/mol. The maximum Gasteiger partial charge on any atom is 0.503 e. The van der Waals surface area contributed by atoms with Gasteiger partial charge in [-0.2, -0.15) is 0 Å². The molecule has 0 amide bonds. The molecule has 0 saturated carbocycles. The van der Waals surface area contributed by atoms with Crippen molar-refractivity contribution in [3.8, 4) is 0 Å². The Morgan fingerprint density at radius 3 is 0.348 bits per heavy atom. The van der Waals surface area contributed by atoms with E-state index in [4.69, 9.17) is 30.0 Å². The van der Waals surface area contributed by atoms with Gasteiger partial charge in [-0.3, -0.25) is 0 Å². The molecule has 24 N–H and O–H groups in total. The minimum Gasteiger partial charge on any atom is -0.450 e. The topological polar surface area (TPSA) is 430 Å². The van der Waals surface area contributed by atoms with Crippen molar-refractivity contribution in [2.45, 2.75) is 0 Å². The second-order valence-corrected chi connectivity index (χ2v) is 0.565. The van der Waals surface area contributed by atoms with E-state index >= 15 is 0 Å². The van der Waals surface area contributed by atoms with E-state index in [1.54, 1.807) is 0 Å². The third-order valence-electron chi connectivity index (χ3n) is 0. The molecule has 0 saturated heterocycles. The zero-order valence-electron chi connectivity index (χ0n) is 10.2. The maximum atomic E-state index is 8.56. The fraction of sp³-hybridized carbons (Fsp3) is 0. The van der Waals surface area contributed by atoms with E-state index < -0.39 is 12.3 Å². The molecule has 23 heavy (non-hydrogen) atoms. The van der Waals surface area contributed by atoms with Gasteiger partial charge in [0.15, 0.2) is 0 Å². The predicted octanol–water partition coefficient (Wildman–Crippen LogP) is -7.81. The minimum absolute atomic E-state index is 0. The van der Waals surface area contributed by atoms with Gasteiger partial charge in [-0.1, -0.05) is 0 Å². The van der Waals surface area contributed by atoms with Crippen molar-refractivity contribution in [2.75, 3.05) is 0 Å². The summed E-state index contributed by atoms with van der Waals surface area (Å²) in [6.45, 7) is 0. The first-order chi connectivity index (χ1) is 3.46. The van der Waals surface area contributed by atoms with Crippen LogP contribution in [0.1, 0.15) is 0 Å². The van der Waals surface area contributed by atoms with Gasteiger partial charge in [-0.05, 0) is 0 Å². The first kappa shape index (κ1) is 276. The zero-order chi connectivity index (χ0) is 7.15. The van der Waals surface area contributed by atoms with Crippen molar-refractivity contribution in [3.05, 3.63) is 0 Å². The summed E-state index contributed by atoms with van der Waals surface area (Å²) in [5, 5.41) is 27.9. The maximum absolute atomic E-state index is 8.56.